The molecule has 1 aliphatic heterocycles. The zero-order chi connectivity index (χ0) is 18.4. The van der Waals surface area contributed by atoms with Crippen molar-refractivity contribution >= 4 is 27.3 Å². The predicted octanol–water partition coefficient (Wildman–Crippen LogP) is -1.22. The van der Waals surface area contributed by atoms with Crippen molar-refractivity contribution in [2.45, 2.75) is 0 Å². The number of nitrogens with one attached hydrogen (secondary N) is 1. The molecule has 0 aliphatic carbocycles. The van der Waals surface area contributed by atoms with Gasteiger partial charge in [-0.15, -0.1) is 0 Å². The molecule has 25 heavy (non-hydrogen) atoms. The first-order valence-corrected chi connectivity index (χ1v) is 9.43. The number of sulfone groups is 1. The zero-order valence-corrected chi connectivity index (χ0v) is 14.4. The van der Waals surface area contributed by atoms with Gasteiger partial charge in [0.15, 0.2) is 9.84 Å². The van der Waals surface area contributed by atoms with Crippen LogP contribution in [0.5, 0.6) is 0 Å². The molecule has 0 bridgehead atoms. The van der Waals surface area contributed by atoms with Gasteiger partial charge in [-0.2, -0.15) is 0 Å². The highest BCUT2D eigenvalue weighted by Gasteiger charge is 2.25. The molecule has 1 heterocycles. The van der Waals surface area contributed by atoms with E-state index in [9.17, 15) is 18.0 Å². The first-order valence-electron chi connectivity index (χ1n) is 7.61. The van der Waals surface area contributed by atoms with E-state index in [0.29, 0.717) is 11.3 Å². The first kappa shape index (κ1) is 18.7. The fourth-order valence-electron chi connectivity index (χ4n) is 2.30. The van der Waals surface area contributed by atoms with Crippen molar-refractivity contribution in [3.05, 3.63) is 42.2 Å². The number of anilines is 1. The van der Waals surface area contributed by atoms with Crippen LogP contribution in [0.25, 0.3) is 0 Å². The van der Waals surface area contributed by atoms with E-state index in [1.54, 1.807) is 24.3 Å². The number of hydrogen-bond donors (Lipinski definition) is 3. The van der Waals surface area contributed by atoms with Crippen LogP contribution < -0.4 is 21.9 Å². The summed E-state index contributed by atoms with van der Waals surface area (Å²) in [6.45, 7) is 0.138. The van der Waals surface area contributed by atoms with Gasteiger partial charge in [-0.05, 0) is 24.3 Å². The summed E-state index contributed by atoms with van der Waals surface area (Å²) in [4.78, 5) is 25.6. The molecule has 0 aromatic heterocycles. The Morgan fingerprint density at radius 3 is 2.36 bits per heavy atom. The van der Waals surface area contributed by atoms with Crippen LogP contribution in [-0.4, -0.2) is 56.3 Å². The summed E-state index contributed by atoms with van der Waals surface area (Å²) in [6.07, 6.45) is 2.75. The topological polar surface area (TPSA) is 139 Å². The molecule has 1 saturated heterocycles. The van der Waals surface area contributed by atoms with Crippen molar-refractivity contribution < 1.29 is 18.0 Å². The highest BCUT2D eigenvalue weighted by atomic mass is 32.2. The number of amides is 2. The highest BCUT2D eigenvalue weighted by Crippen LogP contribution is 2.12. The van der Waals surface area contributed by atoms with Crippen molar-refractivity contribution in [2.75, 3.05) is 36.1 Å². The Hall–Kier alpha value is -2.59. The Bertz CT molecular complexity index is 747. The average Bonchev–Trinajstić information content (AvgIpc) is 2.59. The molecule has 0 radical (unpaired) electrons. The van der Waals surface area contributed by atoms with Crippen LogP contribution in [0.1, 0.15) is 10.4 Å². The number of carbonyl (C=O) groups is 2. The molecule has 0 spiro atoms. The summed E-state index contributed by atoms with van der Waals surface area (Å²) in [7, 11) is -3.05. The smallest absolute Gasteiger partial charge is 0.251 e. The number of nitrogens with two attached hydrogens (primary N) is 2. The van der Waals surface area contributed by atoms with Gasteiger partial charge in [-0.25, -0.2) is 14.3 Å². The number of benzene rings is 1. The van der Waals surface area contributed by atoms with Crippen molar-refractivity contribution in [2.24, 2.45) is 11.6 Å². The standard InChI is InChI=1S/C15H21N5O4S/c16-5-6-20(17)13-3-1-12(2-4-13)15(22)18-11-14(21)19-7-9-25(23,24)10-8-19/h1-6H,7-11,16-17H2,(H,18,22)/b6-5-. The number of hydrazine groups is 1. The van der Waals surface area contributed by atoms with E-state index >= 15 is 0 Å². The molecule has 1 fully saturated rings. The van der Waals surface area contributed by atoms with Gasteiger partial charge in [0.25, 0.3) is 5.91 Å². The number of carbonyl (C=O) groups excluding carboxylic acids is 2. The second-order valence-electron chi connectivity index (χ2n) is 5.51. The normalized spacial score (nSPS) is 16.6. The monoisotopic (exact) mass is 367 g/mol. The van der Waals surface area contributed by atoms with Gasteiger partial charge >= 0.3 is 0 Å². The number of nitrogens with zero attached hydrogens (tertiary/aromatic N) is 2. The molecule has 1 aromatic carbocycles. The van der Waals surface area contributed by atoms with Crippen molar-refractivity contribution in [3.63, 3.8) is 0 Å². The fourth-order valence-corrected chi connectivity index (χ4v) is 3.50. The van der Waals surface area contributed by atoms with Crippen molar-refractivity contribution in [3.8, 4) is 0 Å². The molecule has 9 nitrogen and oxygen atoms in total. The second-order valence-corrected chi connectivity index (χ2v) is 7.81. The largest absolute Gasteiger partial charge is 0.403 e. The van der Waals surface area contributed by atoms with Crippen LogP contribution in [0.15, 0.2) is 36.7 Å². The fraction of sp³-hybridized carbons (Fsp3) is 0.333. The molecule has 2 amide bonds. The van der Waals surface area contributed by atoms with Crippen LogP contribution >= 0.6 is 0 Å². The lowest BCUT2D eigenvalue weighted by molar-refractivity contribution is -0.129. The van der Waals surface area contributed by atoms with Crippen LogP contribution in [0.2, 0.25) is 0 Å². The van der Waals surface area contributed by atoms with Crippen LogP contribution in [-0.2, 0) is 14.6 Å². The molecule has 5 N–H and O–H groups in total. The van der Waals surface area contributed by atoms with Crippen LogP contribution in [0, 0.1) is 0 Å². The maximum atomic E-state index is 12.1. The van der Waals surface area contributed by atoms with Gasteiger partial charge in [0, 0.05) is 31.1 Å². The molecular weight excluding hydrogens is 346 g/mol. The van der Waals surface area contributed by atoms with Gasteiger partial charge in [-0.1, -0.05) is 0 Å². The summed E-state index contributed by atoms with van der Waals surface area (Å²) in [5, 5.41) is 3.83. The molecule has 0 atom stereocenters. The van der Waals surface area contributed by atoms with Gasteiger partial charge in [0.2, 0.25) is 5.91 Å². The van der Waals surface area contributed by atoms with E-state index < -0.39 is 15.7 Å². The molecule has 10 heteroatoms. The summed E-state index contributed by atoms with van der Waals surface area (Å²) >= 11 is 0. The molecule has 2 rings (SSSR count). The SMILES string of the molecule is N/C=C\N(N)c1ccc(C(=O)NCC(=O)N2CCS(=O)(=O)CC2)cc1. The van der Waals surface area contributed by atoms with Crippen molar-refractivity contribution in [1.29, 1.82) is 0 Å². The number of rotatable bonds is 5. The van der Waals surface area contributed by atoms with E-state index in [1.807, 2.05) is 0 Å². The van der Waals surface area contributed by atoms with E-state index in [0.717, 1.165) is 0 Å². The minimum Gasteiger partial charge on any atom is -0.403 e. The van der Waals surface area contributed by atoms with E-state index in [4.69, 9.17) is 11.6 Å². The highest BCUT2D eigenvalue weighted by molar-refractivity contribution is 7.91. The Kier molecular flexibility index (Phi) is 5.99. The van der Waals surface area contributed by atoms with E-state index in [-0.39, 0.29) is 37.0 Å². The minimum absolute atomic E-state index is 0.0407. The molecular formula is C15H21N5O4S. The lowest BCUT2D eigenvalue weighted by Crippen LogP contribution is -2.47. The Morgan fingerprint density at radius 1 is 1.20 bits per heavy atom. The second kappa shape index (κ2) is 7.99. The van der Waals surface area contributed by atoms with Crippen molar-refractivity contribution in [1.82, 2.24) is 10.2 Å². The van der Waals surface area contributed by atoms with Crippen LogP contribution in [0.4, 0.5) is 5.69 Å². The summed E-state index contributed by atoms with van der Waals surface area (Å²) < 4.78 is 22.7. The summed E-state index contributed by atoms with van der Waals surface area (Å²) in [5.74, 6) is 4.92. The minimum atomic E-state index is -3.05. The van der Waals surface area contributed by atoms with E-state index in [1.165, 1.54) is 22.3 Å². The maximum absolute atomic E-state index is 12.1. The molecule has 0 unspecified atom stereocenters. The van der Waals surface area contributed by atoms with Gasteiger partial charge < -0.3 is 16.0 Å². The van der Waals surface area contributed by atoms with E-state index in [2.05, 4.69) is 5.32 Å². The molecule has 136 valence electrons. The third-order valence-corrected chi connectivity index (χ3v) is 5.38. The zero-order valence-electron chi connectivity index (χ0n) is 13.6. The average molecular weight is 367 g/mol. The van der Waals surface area contributed by atoms with Gasteiger partial charge in [-0.3, -0.25) is 14.6 Å². The van der Waals surface area contributed by atoms with Crippen LogP contribution in [0.3, 0.4) is 0 Å². The quantitative estimate of drug-likeness (QED) is 0.438. The molecule has 0 saturated carbocycles. The first-order chi connectivity index (χ1) is 11.8. The summed E-state index contributed by atoms with van der Waals surface area (Å²) in [5.41, 5.74) is 6.27. The third-order valence-electron chi connectivity index (χ3n) is 3.77. The third kappa shape index (κ3) is 5.19. The molecule has 1 aromatic rings. The Labute approximate surface area is 146 Å². The number of hydrogen-bond acceptors (Lipinski definition) is 7. The Balaban J connectivity index is 1.86. The predicted molar refractivity (Wildman–Crippen MR) is 94.0 cm³/mol. The molecule has 1 aliphatic rings. The lowest BCUT2D eigenvalue weighted by atomic mass is 10.2. The summed E-state index contributed by atoms with van der Waals surface area (Å²) in [6, 6.07) is 6.44. The van der Waals surface area contributed by atoms with Gasteiger partial charge in [0.1, 0.15) is 0 Å². The maximum Gasteiger partial charge on any atom is 0.251 e. The lowest BCUT2D eigenvalue weighted by Gasteiger charge is -2.26. The Morgan fingerprint density at radius 2 is 1.80 bits per heavy atom. The van der Waals surface area contributed by atoms with Gasteiger partial charge in [0.05, 0.1) is 23.7 Å².